The lowest BCUT2D eigenvalue weighted by Gasteiger charge is -2.15. The molecule has 0 bridgehead atoms. The third kappa shape index (κ3) is 2.15. The Bertz CT molecular complexity index is 548. The van der Waals surface area contributed by atoms with Crippen molar-refractivity contribution >= 4 is 34.2 Å². The molecule has 2 aromatic rings. The molecule has 1 aromatic carbocycles. The van der Waals surface area contributed by atoms with Crippen LogP contribution in [0.3, 0.4) is 0 Å². The standard InChI is InChI=1S/C10H11NO3S2/c12-7(4-15)9(13)5-1-2-6-8(3-5)16-10(14)11-6/h1-3,7,9,12-13,15H,4H2,(H,11,14). The number of benzene rings is 1. The second-order valence-corrected chi connectivity index (χ2v) is 4.84. The maximum Gasteiger partial charge on any atom is 0.305 e. The first-order valence-corrected chi connectivity index (χ1v) is 6.16. The topological polar surface area (TPSA) is 73.3 Å². The Morgan fingerprint density at radius 3 is 2.88 bits per heavy atom. The van der Waals surface area contributed by atoms with Crippen LogP contribution in [-0.2, 0) is 0 Å². The molecule has 0 fully saturated rings. The van der Waals surface area contributed by atoms with Gasteiger partial charge < -0.3 is 15.2 Å². The molecule has 2 rings (SSSR count). The van der Waals surface area contributed by atoms with Gasteiger partial charge in [0.15, 0.2) is 0 Å². The van der Waals surface area contributed by atoms with Crippen LogP contribution in [0.25, 0.3) is 10.2 Å². The summed E-state index contributed by atoms with van der Waals surface area (Å²) < 4.78 is 0.771. The van der Waals surface area contributed by atoms with E-state index in [4.69, 9.17) is 0 Å². The highest BCUT2D eigenvalue weighted by Gasteiger charge is 2.17. The molecule has 86 valence electrons. The van der Waals surface area contributed by atoms with Crippen molar-refractivity contribution in [1.82, 2.24) is 4.98 Å². The number of hydrogen-bond donors (Lipinski definition) is 4. The number of nitrogens with one attached hydrogen (secondary N) is 1. The van der Waals surface area contributed by atoms with Crippen molar-refractivity contribution in [3.8, 4) is 0 Å². The number of aliphatic hydroxyl groups is 2. The molecule has 0 aliphatic carbocycles. The van der Waals surface area contributed by atoms with Crippen LogP contribution in [0.4, 0.5) is 0 Å². The van der Waals surface area contributed by atoms with Crippen LogP contribution in [0, 0.1) is 0 Å². The molecule has 0 spiro atoms. The van der Waals surface area contributed by atoms with E-state index >= 15 is 0 Å². The summed E-state index contributed by atoms with van der Waals surface area (Å²) in [6.45, 7) is 0. The van der Waals surface area contributed by atoms with Gasteiger partial charge in [-0.3, -0.25) is 4.79 Å². The van der Waals surface area contributed by atoms with E-state index in [1.54, 1.807) is 18.2 Å². The maximum absolute atomic E-state index is 11.1. The van der Waals surface area contributed by atoms with E-state index in [-0.39, 0.29) is 10.6 Å². The predicted molar refractivity (Wildman–Crippen MR) is 67.3 cm³/mol. The molecule has 3 N–H and O–H groups in total. The number of rotatable bonds is 3. The maximum atomic E-state index is 11.1. The molecule has 0 aliphatic heterocycles. The number of aliphatic hydroxyl groups excluding tert-OH is 2. The second kappa shape index (κ2) is 4.58. The van der Waals surface area contributed by atoms with E-state index in [0.29, 0.717) is 5.56 Å². The number of thiol groups is 1. The highest BCUT2D eigenvalue weighted by atomic mass is 32.1. The van der Waals surface area contributed by atoms with Crippen molar-refractivity contribution in [2.24, 2.45) is 0 Å². The Hall–Kier alpha value is -0.820. The molecule has 6 heteroatoms. The molecule has 2 atom stereocenters. The summed E-state index contributed by atoms with van der Waals surface area (Å²) in [6, 6.07) is 5.11. The third-order valence-electron chi connectivity index (χ3n) is 2.34. The van der Waals surface area contributed by atoms with Crippen molar-refractivity contribution in [2.75, 3.05) is 5.75 Å². The summed E-state index contributed by atoms with van der Waals surface area (Å²) in [5, 5.41) is 19.2. The molecule has 0 aliphatic rings. The molecule has 2 unspecified atom stereocenters. The molecular formula is C10H11NO3S2. The number of aromatic amines is 1. The molecule has 0 radical (unpaired) electrons. The number of fused-ring (bicyclic) bond motifs is 1. The Morgan fingerprint density at radius 1 is 1.44 bits per heavy atom. The summed E-state index contributed by atoms with van der Waals surface area (Å²) in [6.07, 6.45) is -1.88. The van der Waals surface area contributed by atoms with Gasteiger partial charge in [-0.25, -0.2) is 0 Å². The average Bonchev–Trinajstić information content (AvgIpc) is 2.65. The Morgan fingerprint density at radius 2 is 2.19 bits per heavy atom. The van der Waals surface area contributed by atoms with Crippen LogP contribution >= 0.6 is 24.0 Å². The van der Waals surface area contributed by atoms with E-state index in [1.807, 2.05) is 0 Å². The predicted octanol–water partition coefficient (Wildman–Crippen LogP) is 0.914. The summed E-state index contributed by atoms with van der Waals surface area (Å²) in [4.78, 5) is 13.6. The van der Waals surface area contributed by atoms with Crippen LogP contribution in [0.5, 0.6) is 0 Å². The first-order valence-electron chi connectivity index (χ1n) is 4.71. The van der Waals surface area contributed by atoms with Gasteiger partial charge in [0.25, 0.3) is 0 Å². The minimum absolute atomic E-state index is 0.128. The SMILES string of the molecule is O=c1[nH]c2ccc(C(O)C(O)CS)cc2s1. The smallest absolute Gasteiger partial charge is 0.305 e. The Balaban J connectivity index is 2.42. The van der Waals surface area contributed by atoms with E-state index in [0.717, 1.165) is 21.6 Å². The van der Waals surface area contributed by atoms with Crippen molar-refractivity contribution < 1.29 is 10.2 Å². The van der Waals surface area contributed by atoms with Gasteiger partial charge in [0.1, 0.15) is 6.10 Å². The van der Waals surface area contributed by atoms with Crippen LogP contribution in [-0.4, -0.2) is 27.1 Å². The second-order valence-electron chi connectivity index (χ2n) is 3.46. The fourth-order valence-corrected chi connectivity index (χ4v) is 2.45. The molecule has 1 heterocycles. The van der Waals surface area contributed by atoms with Crippen LogP contribution in [0.15, 0.2) is 23.0 Å². The lowest BCUT2D eigenvalue weighted by atomic mass is 10.1. The van der Waals surface area contributed by atoms with Crippen molar-refractivity contribution in [2.45, 2.75) is 12.2 Å². The zero-order chi connectivity index (χ0) is 11.7. The minimum atomic E-state index is -0.973. The van der Waals surface area contributed by atoms with E-state index in [9.17, 15) is 15.0 Å². The van der Waals surface area contributed by atoms with Gasteiger partial charge in [-0.2, -0.15) is 12.6 Å². The summed E-state index contributed by atoms with van der Waals surface area (Å²) in [5.74, 6) is 0.183. The van der Waals surface area contributed by atoms with Gasteiger partial charge >= 0.3 is 4.87 Å². The fourth-order valence-electron chi connectivity index (χ4n) is 1.47. The Labute approximate surface area is 101 Å². The number of aromatic nitrogens is 1. The first kappa shape index (κ1) is 11.7. The number of H-pyrrole nitrogens is 1. The van der Waals surface area contributed by atoms with Gasteiger partial charge in [0.2, 0.25) is 0 Å². The first-order chi connectivity index (χ1) is 7.61. The highest BCUT2D eigenvalue weighted by molar-refractivity contribution is 7.80. The number of hydrogen-bond acceptors (Lipinski definition) is 5. The summed E-state index contributed by atoms with van der Waals surface area (Å²) in [7, 11) is 0. The number of thiazole rings is 1. The molecule has 0 amide bonds. The van der Waals surface area contributed by atoms with Crippen molar-refractivity contribution in [1.29, 1.82) is 0 Å². The van der Waals surface area contributed by atoms with Gasteiger partial charge in [-0.15, -0.1) is 0 Å². The lowest BCUT2D eigenvalue weighted by Crippen LogP contribution is -2.19. The summed E-state index contributed by atoms with van der Waals surface area (Å²) in [5.41, 5.74) is 1.33. The van der Waals surface area contributed by atoms with Gasteiger partial charge in [0.05, 0.1) is 16.3 Å². The van der Waals surface area contributed by atoms with Crippen LogP contribution in [0.1, 0.15) is 11.7 Å². The van der Waals surface area contributed by atoms with E-state index < -0.39 is 12.2 Å². The molecule has 1 aromatic heterocycles. The van der Waals surface area contributed by atoms with E-state index in [2.05, 4.69) is 17.6 Å². The van der Waals surface area contributed by atoms with Gasteiger partial charge in [-0.1, -0.05) is 17.4 Å². The minimum Gasteiger partial charge on any atom is -0.389 e. The molecule has 0 saturated heterocycles. The van der Waals surface area contributed by atoms with Crippen LogP contribution < -0.4 is 4.87 Å². The van der Waals surface area contributed by atoms with Gasteiger partial charge in [-0.05, 0) is 17.7 Å². The third-order valence-corrected chi connectivity index (χ3v) is 3.56. The molecule has 4 nitrogen and oxygen atoms in total. The zero-order valence-electron chi connectivity index (χ0n) is 8.25. The fraction of sp³-hybridized carbons (Fsp3) is 0.300. The Kier molecular flexibility index (Phi) is 3.34. The van der Waals surface area contributed by atoms with Crippen LogP contribution in [0.2, 0.25) is 0 Å². The molecule has 0 saturated carbocycles. The largest absolute Gasteiger partial charge is 0.389 e. The molecule has 16 heavy (non-hydrogen) atoms. The lowest BCUT2D eigenvalue weighted by molar-refractivity contribution is 0.0338. The van der Waals surface area contributed by atoms with Crippen molar-refractivity contribution in [3.05, 3.63) is 33.4 Å². The van der Waals surface area contributed by atoms with Crippen molar-refractivity contribution in [3.63, 3.8) is 0 Å². The summed E-state index contributed by atoms with van der Waals surface area (Å²) >= 11 is 5.00. The van der Waals surface area contributed by atoms with E-state index in [1.165, 1.54) is 0 Å². The highest BCUT2D eigenvalue weighted by Crippen LogP contribution is 2.23. The quantitative estimate of drug-likeness (QED) is 0.618. The average molecular weight is 257 g/mol. The molecular weight excluding hydrogens is 246 g/mol. The van der Waals surface area contributed by atoms with Gasteiger partial charge in [0, 0.05) is 5.75 Å². The zero-order valence-corrected chi connectivity index (χ0v) is 9.96. The normalized spacial score (nSPS) is 15.2. The monoisotopic (exact) mass is 257 g/mol.